The Kier molecular flexibility index (Phi) is 6.00. The van der Waals surface area contributed by atoms with Crippen LogP contribution in [-0.2, 0) is 4.74 Å². The number of nitrogens with one attached hydrogen (secondary N) is 2. The first kappa shape index (κ1) is 18.3. The summed E-state index contributed by atoms with van der Waals surface area (Å²) in [7, 11) is 0. The van der Waals surface area contributed by atoms with Gasteiger partial charge in [-0.3, -0.25) is 14.9 Å². The second-order valence-corrected chi connectivity index (χ2v) is 5.61. The maximum absolute atomic E-state index is 13.5. The Balaban J connectivity index is 2.50. The Labute approximate surface area is 132 Å². The standard InChI is InChI=1S/C14H18FN3O5/c1-14(2,3)23-13(20)17-7-6-16-12(19)10-8-9(18(21)22)4-5-11(10)15/h4-5,8H,6-7H2,1-3H3,(H,16,19)(H,17,20). The Morgan fingerprint density at radius 1 is 1.26 bits per heavy atom. The Hall–Kier alpha value is -2.71. The second-order valence-electron chi connectivity index (χ2n) is 5.61. The van der Waals surface area contributed by atoms with Gasteiger partial charge in [-0.25, -0.2) is 9.18 Å². The molecule has 0 spiro atoms. The first-order valence-electron chi connectivity index (χ1n) is 6.79. The molecular weight excluding hydrogens is 309 g/mol. The van der Waals surface area contributed by atoms with E-state index in [1.165, 1.54) is 0 Å². The molecule has 1 rings (SSSR count). The lowest BCUT2D eigenvalue weighted by atomic mass is 10.1. The lowest BCUT2D eigenvalue weighted by molar-refractivity contribution is -0.384. The van der Waals surface area contributed by atoms with Crippen LogP contribution in [0.15, 0.2) is 18.2 Å². The van der Waals surface area contributed by atoms with Crippen LogP contribution >= 0.6 is 0 Å². The van der Waals surface area contributed by atoms with E-state index in [0.29, 0.717) is 0 Å². The van der Waals surface area contributed by atoms with E-state index in [-0.39, 0.29) is 18.8 Å². The van der Waals surface area contributed by atoms with Crippen molar-refractivity contribution in [2.75, 3.05) is 13.1 Å². The van der Waals surface area contributed by atoms with Crippen LogP contribution in [0, 0.1) is 15.9 Å². The van der Waals surface area contributed by atoms with Crippen molar-refractivity contribution in [3.8, 4) is 0 Å². The summed E-state index contributed by atoms with van der Waals surface area (Å²) in [6, 6.07) is 2.67. The van der Waals surface area contributed by atoms with Crippen molar-refractivity contribution in [1.82, 2.24) is 10.6 Å². The van der Waals surface area contributed by atoms with Crippen LogP contribution in [0.1, 0.15) is 31.1 Å². The van der Waals surface area contributed by atoms with Crippen molar-refractivity contribution >= 4 is 17.7 Å². The molecule has 2 amide bonds. The van der Waals surface area contributed by atoms with Gasteiger partial charge in [0.25, 0.3) is 11.6 Å². The minimum atomic E-state index is -0.867. The van der Waals surface area contributed by atoms with Gasteiger partial charge >= 0.3 is 6.09 Å². The van der Waals surface area contributed by atoms with Gasteiger partial charge in [-0.05, 0) is 26.8 Å². The van der Waals surface area contributed by atoms with E-state index in [1.807, 2.05) is 0 Å². The molecule has 0 aliphatic rings. The van der Waals surface area contributed by atoms with Crippen molar-refractivity contribution in [2.24, 2.45) is 0 Å². The molecule has 0 fully saturated rings. The van der Waals surface area contributed by atoms with E-state index >= 15 is 0 Å². The molecule has 0 bridgehead atoms. The Morgan fingerprint density at radius 2 is 1.87 bits per heavy atom. The molecule has 23 heavy (non-hydrogen) atoms. The number of nitro groups is 1. The molecule has 0 saturated carbocycles. The number of halogens is 1. The Morgan fingerprint density at radius 3 is 2.43 bits per heavy atom. The third-order valence-corrected chi connectivity index (χ3v) is 2.48. The van der Waals surface area contributed by atoms with Crippen molar-refractivity contribution in [1.29, 1.82) is 0 Å². The number of amides is 2. The van der Waals surface area contributed by atoms with Crippen LogP contribution in [0.5, 0.6) is 0 Å². The van der Waals surface area contributed by atoms with Crippen molar-refractivity contribution < 1.29 is 23.6 Å². The lowest BCUT2D eigenvalue weighted by Crippen LogP contribution is -2.38. The number of nitro benzene ring substituents is 1. The van der Waals surface area contributed by atoms with Gasteiger partial charge in [0.2, 0.25) is 0 Å². The number of ether oxygens (including phenoxy) is 1. The third kappa shape index (κ3) is 6.29. The van der Waals surface area contributed by atoms with E-state index in [4.69, 9.17) is 4.74 Å². The highest BCUT2D eigenvalue weighted by Gasteiger charge is 2.17. The zero-order valence-corrected chi connectivity index (χ0v) is 13.0. The quantitative estimate of drug-likeness (QED) is 0.488. The minimum Gasteiger partial charge on any atom is -0.444 e. The number of hydrogen-bond donors (Lipinski definition) is 2. The smallest absolute Gasteiger partial charge is 0.407 e. The van der Waals surface area contributed by atoms with Gasteiger partial charge in [-0.2, -0.15) is 0 Å². The summed E-state index contributed by atoms with van der Waals surface area (Å²) in [6.45, 7) is 5.20. The van der Waals surface area contributed by atoms with Gasteiger partial charge in [-0.15, -0.1) is 0 Å². The number of rotatable bonds is 5. The largest absolute Gasteiger partial charge is 0.444 e. The fraction of sp³-hybridized carbons (Fsp3) is 0.429. The van der Waals surface area contributed by atoms with Crippen LogP contribution < -0.4 is 10.6 Å². The second kappa shape index (κ2) is 7.52. The molecule has 8 nitrogen and oxygen atoms in total. The summed E-state index contributed by atoms with van der Waals surface area (Å²) in [5, 5.41) is 15.4. The third-order valence-electron chi connectivity index (χ3n) is 2.48. The van der Waals surface area contributed by atoms with Gasteiger partial charge in [0, 0.05) is 25.2 Å². The van der Waals surface area contributed by atoms with E-state index in [9.17, 15) is 24.1 Å². The van der Waals surface area contributed by atoms with E-state index in [1.54, 1.807) is 20.8 Å². The predicted molar refractivity (Wildman–Crippen MR) is 79.6 cm³/mol. The van der Waals surface area contributed by atoms with Gasteiger partial charge in [0.15, 0.2) is 0 Å². The summed E-state index contributed by atoms with van der Waals surface area (Å²) in [6.07, 6.45) is -0.645. The van der Waals surface area contributed by atoms with Gasteiger partial charge in [0.05, 0.1) is 10.5 Å². The van der Waals surface area contributed by atoms with Crippen LogP contribution in [0.25, 0.3) is 0 Å². The summed E-state index contributed by atoms with van der Waals surface area (Å²) in [4.78, 5) is 33.1. The van der Waals surface area contributed by atoms with Crippen LogP contribution in [-0.4, -0.2) is 35.6 Å². The fourth-order valence-corrected chi connectivity index (χ4v) is 1.55. The van der Waals surface area contributed by atoms with Gasteiger partial charge in [0.1, 0.15) is 11.4 Å². The topological polar surface area (TPSA) is 111 Å². The highest BCUT2D eigenvalue weighted by molar-refractivity contribution is 5.95. The zero-order valence-electron chi connectivity index (χ0n) is 13.0. The number of carbonyl (C=O) groups excluding carboxylic acids is 2. The summed E-state index contributed by atoms with van der Waals surface area (Å²) >= 11 is 0. The molecule has 126 valence electrons. The molecule has 9 heteroatoms. The maximum atomic E-state index is 13.5. The molecule has 0 atom stereocenters. The maximum Gasteiger partial charge on any atom is 0.407 e. The SMILES string of the molecule is CC(C)(C)OC(=O)NCCNC(=O)c1cc([N+](=O)[O-])ccc1F. The molecule has 0 aliphatic heterocycles. The molecule has 0 heterocycles. The van der Waals surface area contributed by atoms with Crippen molar-refractivity contribution in [3.63, 3.8) is 0 Å². The first-order valence-corrected chi connectivity index (χ1v) is 6.79. The number of carbonyl (C=O) groups is 2. The molecule has 0 aromatic heterocycles. The molecule has 0 aliphatic carbocycles. The molecule has 1 aromatic rings. The van der Waals surface area contributed by atoms with Crippen LogP contribution in [0.3, 0.4) is 0 Å². The van der Waals surface area contributed by atoms with Gasteiger partial charge < -0.3 is 15.4 Å². The molecule has 1 aromatic carbocycles. The highest BCUT2D eigenvalue weighted by atomic mass is 19.1. The fourth-order valence-electron chi connectivity index (χ4n) is 1.55. The number of hydrogen-bond acceptors (Lipinski definition) is 5. The summed E-state index contributed by atoms with van der Waals surface area (Å²) < 4.78 is 18.5. The number of non-ortho nitro benzene ring substituents is 1. The zero-order chi connectivity index (χ0) is 17.6. The van der Waals surface area contributed by atoms with Crippen LogP contribution in [0.4, 0.5) is 14.9 Å². The average molecular weight is 327 g/mol. The van der Waals surface area contributed by atoms with Crippen molar-refractivity contribution in [3.05, 3.63) is 39.7 Å². The number of nitrogens with zero attached hydrogens (tertiary/aromatic N) is 1. The van der Waals surface area contributed by atoms with E-state index in [2.05, 4.69) is 10.6 Å². The number of alkyl carbamates (subject to hydrolysis) is 1. The predicted octanol–water partition coefficient (Wildman–Crippen LogP) is 1.99. The lowest BCUT2D eigenvalue weighted by Gasteiger charge is -2.19. The monoisotopic (exact) mass is 327 g/mol. The molecule has 0 saturated heterocycles. The van der Waals surface area contributed by atoms with E-state index in [0.717, 1.165) is 18.2 Å². The number of benzene rings is 1. The molecule has 2 N–H and O–H groups in total. The summed E-state index contributed by atoms with van der Waals surface area (Å²) in [5.41, 5.74) is -1.46. The highest BCUT2D eigenvalue weighted by Crippen LogP contribution is 2.16. The van der Waals surface area contributed by atoms with Gasteiger partial charge in [-0.1, -0.05) is 0 Å². The molecule has 0 unspecified atom stereocenters. The van der Waals surface area contributed by atoms with Crippen molar-refractivity contribution in [2.45, 2.75) is 26.4 Å². The Bertz CT molecular complexity index is 613. The minimum absolute atomic E-state index is 0.0141. The van der Waals surface area contributed by atoms with E-state index < -0.39 is 33.9 Å². The normalized spacial score (nSPS) is 10.8. The van der Waals surface area contributed by atoms with Crippen LogP contribution in [0.2, 0.25) is 0 Å². The first-order chi connectivity index (χ1) is 10.6. The molecule has 0 radical (unpaired) electrons. The average Bonchev–Trinajstić information content (AvgIpc) is 2.41. The molecular formula is C14H18FN3O5. The summed E-state index contributed by atoms with van der Waals surface area (Å²) in [5.74, 6) is -1.68.